The van der Waals surface area contributed by atoms with Crippen LogP contribution in [-0.4, -0.2) is 20.5 Å². The molecule has 142 valence electrons. The number of halogens is 3. The molecule has 1 aromatic carbocycles. The lowest BCUT2D eigenvalue weighted by molar-refractivity contribution is -0.137. The molecule has 0 radical (unpaired) electrons. The van der Waals surface area contributed by atoms with Gasteiger partial charge in [0.1, 0.15) is 0 Å². The van der Waals surface area contributed by atoms with Crippen molar-refractivity contribution in [2.45, 2.75) is 45.0 Å². The molecule has 0 aromatic heterocycles. The quantitative estimate of drug-likeness (QED) is 0.815. The van der Waals surface area contributed by atoms with Crippen molar-refractivity contribution in [1.82, 2.24) is 5.32 Å². The molecule has 0 amide bonds. The van der Waals surface area contributed by atoms with E-state index in [4.69, 9.17) is 0 Å². The van der Waals surface area contributed by atoms with Gasteiger partial charge in [-0.15, -0.1) is 0 Å². The Morgan fingerprint density at radius 2 is 1.85 bits per heavy atom. The highest BCUT2D eigenvalue weighted by molar-refractivity contribution is 7.89. The van der Waals surface area contributed by atoms with Crippen LogP contribution in [0.1, 0.15) is 44.7 Å². The number of carbonyl (C=O) groups is 1. The van der Waals surface area contributed by atoms with E-state index >= 15 is 0 Å². The van der Waals surface area contributed by atoms with E-state index in [1.54, 1.807) is 27.7 Å². The van der Waals surface area contributed by atoms with Crippen LogP contribution >= 0.6 is 0 Å². The first-order valence-electron chi connectivity index (χ1n) is 7.94. The summed E-state index contributed by atoms with van der Waals surface area (Å²) in [7, 11) is -1.56. The monoisotopic (exact) mass is 387 g/mol. The summed E-state index contributed by atoms with van der Waals surface area (Å²) in [6.45, 7) is 6.62. The minimum atomic E-state index is -4.55. The zero-order valence-corrected chi connectivity index (χ0v) is 15.6. The second-order valence-corrected chi connectivity index (χ2v) is 8.34. The fourth-order valence-corrected chi connectivity index (χ4v) is 4.34. The Morgan fingerprint density at radius 3 is 2.35 bits per heavy atom. The van der Waals surface area contributed by atoms with Crippen LogP contribution in [0.15, 0.2) is 46.1 Å². The Kier molecular flexibility index (Phi) is 5.65. The lowest BCUT2D eigenvalue weighted by Gasteiger charge is -2.31. The molecule has 0 aliphatic carbocycles. The molecule has 0 spiro atoms. The van der Waals surface area contributed by atoms with Crippen molar-refractivity contribution in [3.05, 3.63) is 57.3 Å². The third kappa shape index (κ3) is 3.85. The Labute approximate surface area is 152 Å². The molecule has 8 heteroatoms. The summed E-state index contributed by atoms with van der Waals surface area (Å²) in [5.41, 5.74) is 0.00692. The Bertz CT molecular complexity index is 825. The highest BCUT2D eigenvalue weighted by Gasteiger charge is 2.38. The van der Waals surface area contributed by atoms with Crippen molar-refractivity contribution >= 4 is 16.8 Å². The predicted octanol–water partition coefficient (Wildman–Crippen LogP) is 4.14. The maximum Gasteiger partial charge on any atom is 0.416 e. The molecular formula is C18H20F3NO3S. The molecule has 0 bridgehead atoms. The van der Waals surface area contributed by atoms with Gasteiger partial charge in [-0.25, -0.2) is 4.79 Å². The lowest BCUT2D eigenvalue weighted by atomic mass is 9.86. The zero-order valence-electron chi connectivity index (χ0n) is 14.8. The maximum atomic E-state index is 13.1. The van der Waals surface area contributed by atoms with E-state index in [2.05, 4.69) is 5.32 Å². The minimum Gasteiger partial charge on any atom is -0.478 e. The van der Waals surface area contributed by atoms with Gasteiger partial charge in [-0.2, -0.15) is 13.2 Å². The predicted molar refractivity (Wildman–Crippen MR) is 93.6 cm³/mol. The van der Waals surface area contributed by atoms with Gasteiger partial charge in [0.05, 0.1) is 27.9 Å². The Hall–Kier alpha value is -2.09. The molecule has 2 atom stereocenters. The van der Waals surface area contributed by atoms with Crippen molar-refractivity contribution < 1.29 is 27.3 Å². The van der Waals surface area contributed by atoms with Gasteiger partial charge in [0.2, 0.25) is 0 Å². The van der Waals surface area contributed by atoms with Crippen LogP contribution in [0.25, 0.3) is 0 Å². The van der Waals surface area contributed by atoms with E-state index in [1.165, 1.54) is 12.1 Å². The van der Waals surface area contributed by atoms with Gasteiger partial charge in [0.25, 0.3) is 0 Å². The first kappa shape index (κ1) is 20.2. The van der Waals surface area contributed by atoms with E-state index < -0.39 is 34.4 Å². The van der Waals surface area contributed by atoms with Crippen molar-refractivity contribution in [3.8, 4) is 0 Å². The molecule has 2 rings (SSSR count). The molecule has 1 aromatic rings. The molecular weight excluding hydrogens is 367 g/mol. The zero-order chi connectivity index (χ0) is 19.8. The van der Waals surface area contributed by atoms with Gasteiger partial charge < -0.3 is 10.4 Å². The van der Waals surface area contributed by atoms with Crippen LogP contribution in [0.4, 0.5) is 13.2 Å². The molecule has 1 aliphatic rings. The molecule has 0 fully saturated rings. The summed E-state index contributed by atoms with van der Waals surface area (Å²) in [4.78, 5) is 12.1. The maximum absolute atomic E-state index is 13.1. The SMILES string of the molecule is CC1=C(C(=O)O)C(c2cccc(C(F)(F)F)c2)C(S(=O)C(C)C)=C(C)N1. The molecule has 2 unspecified atom stereocenters. The molecule has 1 aliphatic heterocycles. The normalized spacial score (nSPS) is 19.6. The van der Waals surface area contributed by atoms with Crippen LogP contribution in [0, 0.1) is 0 Å². The lowest BCUT2D eigenvalue weighted by Crippen LogP contribution is -2.31. The largest absolute Gasteiger partial charge is 0.478 e. The van der Waals surface area contributed by atoms with E-state index in [0.29, 0.717) is 16.3 Å². The smallest absolute Gasteiger partial charge is 0.416 e. The molecule has 0 saturated carbocycles. The van der Waals surface area contributed by atoms with E-state index in [1.807, 2.05) is 0 Å². The number of rotatable bonds is 4. The number of hydrogen-bond donors (Lipinski definition) is 2. The molecule has 26 heavy (non-hydrogen) atoms. The first-order valence-corrected chi connectivity index (χ1v) is 9.16. The van der Waals surface area contributed by atoms with Gasteiger partial charge in [-0.05, 0) is 25.5 Å². The number of benzene rings is 1. The average molecular weight is 387 g/mol. The average Bonchev–Trinajstić information content (AvgIpc) is 2.52. The summed E-state index contributed by atoms with van der Waals surface area (Å²) in [6.07, 6.45) is -4.55. The Balaban J connectivity index is 2.74. The van der Waals surface area contributed by atoms with Crippen molar-refractivity contribution in [2.75, 3.05) is 0 Å². The van der Waals surface area contributed by atoms with Gasteiger partial charge in [-0.1, -0.05) is 32.0 Å². The molecule has 2 N–H and O–H groups in total. The fourth-order valence-electron chi connectivity index (χ4n) is 2.99. The third-order valence-electron chi connectivity index (χ3n) is 4.12. The number of dihydropyridines is 1. The number of alkyl halides is 3. The second-order valence-electron chi connectivity index (χ2n) is 6.36. The first-order chi connectivity index (χ1) is 11.9. The van der Waals surface area contributed by atoms with Gasteiger partial charge in [0, 0.05) is 21.5 Å². The van der Waals surface area contributed by atoms with E-state index in [9.17, 15) is 27.3 Å². The van der Waals surface area contributed by atoms with E-state index in [-0.39, 0.29) is 16.4 Å². The van der Waals surface area contributed by atoms with E-state index in [0.717, 1.165) is 12.1 Å². The molecule has 4 nitrogen and oxygen atoms in total. The summed E-state index contributed by atoms with van der Waals surface area (Å²) in [5, 5.41) is 12.2. The number of aliphatic carboxylic acids is 1. The summed E-state index contributed by atoms with van der Waals surface area (Å²) >= 11 is 0. The van der Waals surface area contributed by atoms with Gasteiger partial charge >= 0.3 is 12.1 Å². The van der Waals surface area contributed by atoms with Crippen LogP contribution in [-0.2, 0) is 21.8 Å². The number of allylic oxidation sites excluding steroid dienone is 3. The van der Waals surface area contributed by atoms with Crippen LogP contribution in [0.2, 0.25) is 0 Å². The Morgan fingerprint density at radius 1 is 1.23 bits per heavy atom. The summed E-state index contributed by atoms with van der Waals surface area (Å²) in [6, 6.07) is 4.53. The number of nitrogens with one attached hydrogen (secondary N) is 1. The van der Waals surface area contributed by atoms with Crippen LogP contribution in [0.5, 0.6) is 0 Å². The van der Waals surface area contributed by atoms with Crippen molar-refractivity contribution in [2.24, 2.45) is 0 Å². The highest BCUT2D eigenvalue weighted by Crippen LogP contribution is 2.42. The topological polar surface area (TPSA) is 66.4 Å². The number of carboxylic acid groups (broad SMARTS) is 1. The van der Waals surface area contributed by atoms with Crippen LogP contribution in [0.3, 0.4) is 0 Å². The molecule has 0 saturated heterocycles. The highest BCUT2D eigenvalue weighted by atomic mass is 32.2. The van der Waals surface area contributed by atoms with Crippen molar-refractivity contribution in [1.29, 1.82) is 0 Å². The fraction of sp³-hybridized carbons (Fsp3) is 0.389. The second kappa shape index (κ2) is 7.26. The minimum absolute atomic E-state index is 0.0982. The van der Waals surface area contributed by atoms with Gasteiger partial charge in [0.15, 0.2) is 0 Å². The number of hydrogen-bond acceptors (Lipinski definition) is 3. The number of carboxylic acids is 1. The van der Waals surface area contributed by atoms with Gasteiger partial charge in [-0.3, -0.25) is 4.21 Å². The summed E-state index contributed by atoms with van der Waals surface area (Å²) in [5.74, 6) is -2.28. The molecule has 1 heterocycles. The standard InChI is InChI=1S/C18H20F3NO3S/c1-9(2)26(25)16-11(4)22-10(3)14(17(23)24)15(16)12-6-5-7-13(8-12)18(19,20)21/h5-9,15,22H,1-4H3,(H,23,24). The van der Waals surface area contributed by atoms with Crippen LogP contribution < -0.4 is 5.32 Å². The third-order valence-corrected chi connectivity index (χ3v) is 5.95. The van der Waals surface area contributed by atoms with Crippen molar-refractivity contribution in [3.63, 3.8) is 0 Å². The summed E-state index contributed by atoms with van der Waals surface area (Å²) < 4.78 is 52.2.